The molecule has 0 saturated carbocycles. The zero-order valence-electron chi connectivity index (χ0n) is 17.6. The van der Waals surface area contributed by atoms with Crippen LogP contribution < -0.4 is 0 Å². The molecule has 0 aromatic heterocycles. The minimum Gasteiger partial charge on any atom is -0.479 e. The van der Waals surface area contributed by atoms with E-state index >= 15 is 0 Å². The van der Waals surface area contributed by atoms with Crippen LogP contribution in [0.2, 0.25) is 0 Å². The second-order valence-electron chi connectivity index (χ2n) is 7.36. The van der Waals surface area contributed by atoms with Crippen LogP contribution in [0, 0.1) is 0 Å². The molecule has 0 fully saturated rings. The van der Waals surface area contributed by atoms with E-state index < -0.39 is 43.1 Å². The van der Waals surface area contributed by atoms with Gasteiger partial charge in [-0.3, -0.25) is 9.59 Å². The van der Waals surface area contributed by atoms with Gasteiger partial charge in [0.05, 0.1) is 6.42 Å². The summed E-state index contributed by atoms with van der Waals surface area (Å²) in [6, 6.07) is 0. The maximum atomic E-state index is 11.6. The van der Waals surface area contributed by atoms with Crippen LogP contribution in [0.1, 0.15) is 90.4 Å². The van der Waals surface area contributed by atoms with Crippen molar-refractivity contribution in [2.24, 2.45) is 0 Å². The standard InChI is InChI=1S/C21H38O8/c1-2-3-4-5-6-7-8-9-10-11-12-13-19(24)28-15-17(22)16-29-20(25)14-18(23)21(26)27/h17-18,22-23H,2-16H2,1H3,(H,26,27)/t17?,18-/m1/s1. The van der Waals surface area contributed by atoms with Crippen LogP contribution in [-0.2, 0) is 23.9 Å². The van der Waals surface area contributed by atoms with Crippen molar-refractivity contribution in [3.8, 4) is 0 Å². The largest absolute Gasteiger partial charge is 0.479 e. The molecule has 0 radical (unpaired) electrons. The maximum Gasteiger partial charge on any atom is 0.333 e. The molecule has 1 unspecified atom stereocenters. The Bertz CT molecular complexity index is 452. The van der Waals surface area contributed by atoms with E-state index in [1.807, 2.05) is 0 Å². The lowest BCUT2D eigenvalue weighted by atomic mass is 10.1. The number of aliphatic carboxylic acids is 1. The number of carbonyl (C=O) groups excluding carboxylic acids is 2. The molecular weight excluding hydrogens is 380 g/mol. The fourth-order valence-electron chi connectivity index (χ4n) is 2.74. The Morgan fingerprint density at radius 3 is 1.66 bits per heavy atom. The van der Waals surface area contributed by atoms with Crippen molar-refractivity contribution in [1.29, 1.82) is 0 Å². The number of hydrogen-bond acceptors (Lipinski definition) is 7. The van der Waals surface area contributed by atoms with Gasteiger partial charge in [-0.25, -0.2) is 4.79 Å². The van der Waals surface area contributed by atoms with Gasteiger partial charge in [0.1, 0.15) is 19.3 Å². The smallest absolute Gasteiger partial charge is 0.333 e. The van der Waals surface area contributed by atoms with Crippen LogP contribution in [0.15, 0.2) is 0 Å². The Labute approximate surface area is 173 Å². The number of aliphatic hydroxyl groups excluding tert-OH is 2. The number of aliphatic hydroxyl groups is 2. The fourth-order valence-corrected chi connectivity index (χ4v) is 2.74. The monoisotopic (exact) mass is 418 g/mol. The van der Waals surface area contributed by atoms with Crippen LogP contribution in [0.4, 0.5) is 0 Å². The van der Waals surface area contributed by atoms with Crippen LogP contribution in [0.25, 0.3) is 0 Å². The topological polar surface area (TPSA) is 130 Å². The minimum absolute atomic E-state index is 0.286. The Balaban J connectivity index is 3.52. The average molecular weight is 419 g/mol. The first-order valence-electron chi connectivity index (χ1n) is 10.8. The van der Waals surface area contributed by atoms with E-state index in [-0.39, 0.29) is 13.0 Å². The van der Waals surface area contributed by atoms with E-state index in [4.69, 9.17) is 14.9 Å². The van der Waals surface area contributed by atoms with Gasteiger partial charge in [0.25, 0.3) is 0 Å². The molecule has 170 valence electrons. The summed E-state index contributed by atoms with van der Waals surface area (Å²) in [5, 5.41) is 27.1. The summed E-state index contributed by atoms with van der Waals surface area (Å²) >= 11 is 0. The highest BCUT2D eigenvalue weighted by molar-refractivity contribution is 5.80. The van der Waals surface area contributed by atoms with E-state index in [0.29, 0.717) is 0 Å². The zero-order chi connectivity index (χ0) is 21.9. The van der Waals surface area contributed by atoms with Crippen LogP contribution >= 0.6 is 0 Å². The summed E-state index contributed by atoms with van der Waals surface area (Å²) < 4.78 is 9.55. The van der Waals surface area contributed by atoms with E-state index in [9.17, 15) is 19.5 Å². The van der Waals surface area contributed by atoms with Gasteiger partial charge in [0.2, 0.25) is 0 Å². The normalized spacial score (nSPS) is 12.9. The third-order valence-corrected chi connectivity index (χ3v) is 4.50. The lowest BCUT2D eigenvalue weighted by molar-refractivity contribution is -0.159. The van der Waals surface area contributed by atoms with Gasteiger partial charge in [-0.1, -0.05) is 71.1 Å². The van der Waals surface area contributed by atoms with E-state index in [1.54, 1.807) is 0 Å². The third-order valence-electron chi connectivity index (χ3n) is 4.50. The first-order chi connectivity index (χ1) is 13.9. The first kappa shape index (κ1) is 27.3. The highest BCUT2D eigenvalue weighted by atomic mass is 16.6. The van der Waals surface area contributed by atoms with Crippen LogP contribution in [0.3, 0.4) is 0 Å². The number of carbonyl (C=O) groups is 3. The number of hydrogen-bond donors (Lipinski definition) is 3. The number of carboxylic acid groups (broad SMARTS) is 1. The highest BCUT2D eigenvalue weighted by Gasteiger charge is 2.20. The maximum absolute atomic E-state index is 11.6. The number of rotatable bonds is 19. The molecule has 0 saturated heterocycles. The van der Waals surface area contributed by atoms with Gasteiger partial charge >= 0.3 is 17.9 Å². The van der Waals surface area contributed by atoms with Crippen molar-refractivity contribution in [2.45, 2.75) is 103 Å². The third kappa shape index (κ3) is 18.1. The lowest BCUT2D eigenvalue weighted by Crippen LogP contribution is -2.28. The van der Waals surface area contributed by atoms with Gasteiger partial charge in [0.15, 0.2) is 6.10 Å². The SMILES string of the molecule is CCCCCCCCCCCCCC(=O)OCC(O)COC(=O)C[C@@H](O)C(=O)O. The van der Waals surface area contributed by atoms with Gasteiger partial charge in [-0.15, -0.1) is 0 Å². The number of esters is 2. The lowest BCUT2D eigenvalue weighted by Gasteiger charge is -2.12. The molecule has 3 N–H and O–H groups in total. The fraction of sp³-hybridized carbons (Fsp3) is 0.857. The summed E-state index contributed by atoms with van der Waals surface area (Å²) in [4.78, 5) is 33.3. The number of carboxylic acids is 1. The van der Waals surface area contributed by atoms with E-state index in [1.165, 1.54) is 51.4 Å². The molecule has 8 nitrogen and oxygen atoms in total. The molecule has 0 aromatic carbocycles. The summed E-state index contributed by atoms with van der Waals surface area (Å²) in [5.74, 6) is -2.89. The van der Waals surface area contributed by atoms with Crippen molar-refractivity contribution < 1.29 is 39.2 Å². The Kier molecular flexibility index (Phi) is 17.3. The van der Waals surface area contributed by atoms with Gasteiger partial charge in [0, 0.05) is 6.42 Å². The Morgan fingerprint density at radius 2 is 1.17 bits per heavy atom. The van der Waals surface area contributed by atoms with Gasteiger partial charge < -0.3 is 24.8 Å². The average Bonchev–Trinajstić information content (AvgIpc) is 2.68. The summed E-state index contributed by atoms with van der Waals surface area (Å²) in [6.07, 6.45) is 9.64. The summed E-state index contributed by atoms with van der Waals surface area (Å²) in [6.45, 7) is 1.48. The molecule has 0 aliphatic heterocycles. The van der Waals surface area contributed by atoms with Crippen molar-refractivity contribution in [3.05, 3.63) is 0 Å². The van der Waals surface area contributed by atoms with Crippen molar-refractivity contribution in [2.75, 3.05) is 13.2 Å². The Hall–Kier alpha value is -1.67. The first-order valence-corrected chi connectivity index (χ1v) is 10.8. The van der Waals surface area contributed by atoms with Crippen LogP contribution in [0.5, 0.6) is 0 Å². The predicted molar refractivity (Wildman–Crippen MR) is 107 cm³/mol. The molecule has 2 atom stereocenters. The minimum atomic E-state index is -1.84. The molecular formula is C21H38O8. The molecule has 0 bridgehead atoms. The molecule has 0 rings (SSSR count). The van der Waals surface area contributed by atoms with Gasteiger partial charge in [-0.2, -0.15) is 0 Å². The van der Waals surface area contributed by atoms with Crippen molar-refractivity contribution in [3.63, 3.8) is 0 Å². The van der Waals surface area contributed by atoms with Crippen molar-refractivity contribution >= 4 is 17.9 Å². The second kappa shape index (κ2) is 18.4. The molecule has 29 heavy (non-hydrogen) atoms. The second-order valence-corrected chi connectivity index (χ2v) is 7.36. The molecule has 0 amide bonds. The molecule has 0 aromatic rings. The highest BCUT2D eigenvalue weighted by Crippen LogP contribution is 2.12. The number of ether oxygens (including phenoxy) is 2. The van der Waals surface area contributed by atoms with E-state index in [0.717, 1.165) is 19.3 Å². The van der Waals surface area contributed by atoms with E-state index in [2.05, 4.69) is 11.7 Å². The zero-order valence-corrected chi connectivity index (χ0v) is 17.6. The van der Waals surface area contributed by atoms with Crippen molar-refractivity contribution in [1.82, 2.24) is 0 Å². The Morgan fingerprint density at radius 1 is 0.724 bits per heavy atom. The molecule has 0 aliphatic rings. The molecule has 0 aliphatic carbocycles. The number of unbranched alkanes of at least 4 members (excludes halogenated alkanes) is 10. The quantitative estimate of drug-likeness (QED) is 0.216. The predicted octanol–water partition coefficient (Wildman–Crippen LogP) is 2.97. The molecule has 8 heteroatoms. The summed E-state index contributed by atoms with van der Waals surface area (Å²) in [7, 11) is 0. The molecule has 0 spiro atoms. The molecule has 0 heterocycles. The summed E-state index contributed by atoms with van der Waals surface area (Å²) in [5.41, 5.74) is 0. The van der Waals surface area contributed by atoms with Crippen LogP contribution in [-0.4, -0.2) is 58.6 Å². The van der Waals surface area contributed by atoms with Gasteiger partial charge in [-0.05, 0) is 6.42 Å².